The van der Waals surface area contributed by atoms with Crippen molar-refractivity contribution in [3.8, 4) is 5.82 Å². The number of nitrogens with one attached hydrogen (secondary N) is 2. The molecule has 9 nitrogen and oxygen atoms in total. The van der Waals surface area contributed by atoms with Crippen molar-refractivity contribution in [2.75, 3.05) is 11.9 Å². The lowest BCUT2D eigenvalue weighted by Crippen LogP contribution is -2.23. The van der Waals surface area contributed by atoms with E-state index in [-0.39, 0.29) is 5.56 Å². The van der Waals surface area contributed by atoms with Crippen molar-refractivity contribution in [1.82, 2.24) is 29.6 Å². The van der Waals surface area contributed by atoms with Crippen molar-refractivity contribution in [2.45, 2.75) is 39.5 Å². The van der Waals surface area contributed by atoms with E-state index < -0.39 is 6.10 Å². The lowest BCUT2D eigenvalue weighted by atomic mass is 10.0. The van der Waals surface area contributed by atoms with Gasteiger partial charge in [0.2, 0.25) is 5.95 Å². The average Bonchev–Trinajstić information content (AvgIpc) is 3.10. The molecule has 1 atom stereocenters. The molecule has 5 rings (SSSR count). The summed E-state index contributed by atoms with van der Waals surface area (Å²) < 4.78 is 3.26. The quantitative estimate of drug-likeness (QED) is 0.445. The molecule has 0 fully saturated rings. The standard InChI is InChI=1S/C23H25N7O2/c1-3-29-22(32)18-13-25-23(26-17-8-7-16-12-24-10-9-15(16)11-17)28-21(18)30(29)20-6-4-5-19(27-20)14(2)31/h4-8,11,13-14,24,31H,3,9-10,12H2,1-2H3,(H,25,26,28). The third-order valence-electron chi connectivity index (χ3n) is 5.73. The van der Waals surface area contributed by atoms with Crippen LogP contribution in [0.4, 0.5) is 11.6 Å². The van der Waals surface area contributed by atoms with Crippen molar-refractivity contribution in [1.29, 1.82) is 0 Å². The number of rotatable bonds is 5. The molecule has 1 unspecified atom stereocenters. The Bertz CT molecular complexity index is 1360. The minimum absolute atomic E-state index is 0.181. The number of nitrogens with zero attached hydrogens (tertiary/aromatic N) is 5. The molecule has 0 saturated heterocycles. The maximum absolute atomic E-state index is 13.0. The Morgan fingerprint density at radius 3 is 2.91 bits per heavy atom. The number of aliphatic hydroxyl groups excluding tert-OH is 1. The molecule has 4 heterocycles. The first kappa shape index (κ1) is 20.3. The minimum Gasteiger partial charge on any atom is -0.387 e. The number of pyridine rings is 1. The van der Waals surface area contributed by atoms with Gasteiger partial charge in [-0.25, -0.2) is 19.3 Å². The van der Waals surface area contributed by atoms with Crippen LogP contribution in [0.1, 0.15) is 36.8 Å². The number of aliphatic hydroxyl groups is 1. The number of hydrogen-bond acceptors (Lipinski definition) is 7. The number of hydrogen-bond donors (Lipinski definition) is 3. The monoisotopic (exact) mass is 431 g/mol. The fourth-order valence-electron chi connectivity index (χ4n) is 4.08. The van der Waals surface area contributed by atoms with Crippen molar-refractivity contribution >= 4 is 22.7 Å². The Labute approximate surface area is 184 Å². The zero-order valence-electron chi connectivity index (χ0n) is 18.0. The van der Waals surface area contributed by atoms with E-state index in [0.717, 1.165) is 25.2 Å². The second kappa shape index (κ2) is 8.18. The predicted molar refractivity (Wildman–Crippen MR) is 122 cm³/mol. The van der Waals surface area contributed by atoms with Crippen LogP contribution in [-0.2, 0) is 19.5 Å². The first-order valence-corrected chi connectivity index (χ1v) is 10.8. The van der Waals surface area contributed by atoms with Gasteiger partial charge in [-0.05, 0) is 62.2 Å². The summed E-state index contributed by atoms with van der Waals surface area (Å²) in [6, 6.07) is 11.6. The molecule has 4 aromatic rings. The van der Waals surface area contributed by atoms with Crippen LogP contribution in [0.15, 0.2) is 47.4 Å². The Morgan fingerprint density at radius 2 is 2.09 bits per heavy atom. The highest BCUT2D eigenvalue weighted by Crippen LogP contribution is 2.23. The van der Waals surface area contributed by atoms with Crippen LogP contribution in [0.5, 0.6) is 0 Å². The van der Waals surface area contributed by atoms with Crippen LogP contribution in [0.3, 0.4) is 0 Å². The molecule has 0 spiro atoms. The third-order valence-corrected chi connectivity index (χ3v) is 5.73. The molecule has 0 bridgehead atoms. The number of aromatic nitrogens is 5. The highest BCUT2D eigenvalue weighted by molar-refractivity contribution is 5.77. The molecule has 1 aliphatic heterocycles. The van der Waals surface area contributed by atoms with Crippen molar-refractivity contribution < 1.29 is 5.11 Å². The van der Waals surface area contributed by atoms with E-state index in [4.69, 9.17) is 0 Å². The first-order valence-electron chi connectivity index (χ1n) is 10.8. The minimum atomic E-state index is -0.718. The zero-order valence-corrected chi connectivity index (χ0v) is 18.0. The van der Waals surface area contributed by atoms with E-state index in [1.54, 1.807) is 34.6 Å². The molecular weight excluding hydrogens is 406 g/mol. The summed E-state index contributed by atoms with van der Waals surface area (Å²) in [4.78, 5) is 26.6. The number of fused-ring (bicyclic) bond motifs is 2. The van der Waals surface area contributed by atoms with Gasteiger partial charge in [0, 0.05) is 25.0 Å². The van der Waals surface area contributed by atoms with Gasteiger partial charge in [0.1, 0.15) is 5.39 Å². The Morgan fingerprint density at radius 1 is 1.22 bits per heavy atom. The fourth-order valence-corrected chi connectivity index (χ4v) is 4.08. The third kappa shape index (κ3) is 3.55. The summed E-state index contributed by atoms with van der Waals surface area (Å²) in [7, 11) is 0. The van der Waals surface area contributed by atoms with Gasteiger partial charge in [0.05, 0.1) is 11.8 Å². The average molecular weight is 432 g/mol. The lowest BCUT2D eigenvalue weighted by Gasteiger charge is -2.18. The number of benzene rings is 1. The molecule has 164 valence electrons. The second-order valence-corrected chi connectivity index (χ2v) is 7.90. The fraction of sp³-hybridized carbons (Fsp3) is 0.304. The van der Waals surface area contributed by atoms with Gasteiger partial charge in [-0.2, -0.15) is 4.98 Å². The van der Waals surface area contributed by atoms with E-state index in [1.807, 2.05) is 19.1 Å². The van der Waals surface area contributed by atoms with Gasteiger partial charge in [-0.3, -0.25) is 4.79 Å². The molecule has 3 N–H and O–H groups in total. The van der Waals surface area contributed by atoms with Crippen molar-refractivity contribution in [3.63, 3.8) is 0 Å². The summed E-state index contributed by atoms with van der Waals surface area (Å²) in [6.45, 7) is 5.84. The number of anilines is 2. The largest absolute Gasteiger partial charge is 0.387 e. The van der Waals surface area contributed by atoms with Crippen LogP contribution < -0.4 is 16.2 Å². The van der Waals surface area contributed by atoms with Crippen LogP contribution in [0.2, 0.25) is 0 Å². The van der Waals surface area contributed by atoms with E-state index in [9.17, 15) is 9.90 Å². The van der Waals surface area contributed by atoms with Gasteiger partial charge < -0.3 is 15.7 Å². The van der Waals surface area contributed by atoms with Gasteiger partial charge in [-0.15, -0.1) is 0 Å². The molecular formula is C23H25N7O2. The Kier molecular flexibility index (Phi) is 5.20. The highest BCUT2D eigenvalue weighted by Gasteiger charge is 2.18. The molecule has 3 aromatic heterocycles. The normalized spacial score (nSPS) is 14.3. The Balaban J connectivity index is 1.60. The van der Waals surface area contributed by atoms with E-state index in [2.05, 4.69) is 37.7 Å². The van der Waals surface area contributed by atoms with Gasteiger partial charge in [0.25, 0.3) is 5.56 Å². The first-order chi connectivity index (χ1) is 15.5. The molecule has 1 aromatic carbocycles. The van der Waals surface area contributed by atoms with E-state index >= 15 is 0 Å². The maximum atomic E-state index is 13.0. The van der Waals surface area contributed by atoms with Crippen LogP contribution >= 0.6 is 0 Å². The van der Waals surface area contributed by atoms with Crippen LogP contribution in [-0.4, -0.2) is 36.0 Å². The summed E-state index contributed by atoms with van der Waals surface area (Å²) in [6.07, 6.45) is 1.82. The molecule has 0 amide bonds. The highest BCUT2D eigenvalue weighted by atomic mass is 16.3. The van der Waals surface area contributed by atoms with Gasteiger partial charge in [-0.1, -0.05) is 12.1 Å². The topological polar surface area (TPSA) is 110 Å². The summed E-state index contributed by atoms with van der Waals surface area (Å²) >= 11 is 0. The molecule has 0 aliphatic carbocycles. The van der Waals surface area contributed by atoms with Crippen molar-refractivity contribution in [3.05, 3.63) is 69.8 Å². The summed E-state index contributed by atoms with van der Waals surface area (Å²) in [5.41, 5.74) is 4.32. The van der Waals surface area contributed by atoms with Crippen molar-refractivity contribution in [2.24, 2.45) is 0 Å². The summed E-state index contributed by atoms with van der Waals surface area (Å²) in [5, 5.41) is 17.0. The van der Waals surface area contributed by atoms with Crippen LogP contribution in [0, 0.1) is 0 Å². The second-order valence-electron chi connectivity index (χ2n) is 7.90. The van der Waals surface area contributed by atoms with Crippen LogP contribution in [0.25, 0.3) is 16.9 Å². The predicted octanol–water partition coefficient (Wildman–Crippen LogP) is 2.44. The molecule has 0 saturated carbocycles. The molecule has 32 heavy (non-hydrogen) atoms. The van der Waals surface area contributed by atoms with Gasteiger partial charge >= 0.3 is 0 Å². The SMILES string of the molecule is CCn1c(=O)c2cnc(Nc3ccc4c(c3)CCNC4)nc2n1-c1cccc(C(C)O)n1. The maximum Gasteiger partial charge on any atom is 0.278 e. The molecule has 1 aliphatic rings. The Hall–Kier alpha value is -3.56. The molecule has 9 heteroatoms. The zero-order chi connectivity index (χ0) is 22.2. The smallest absolute Gasteiger partial charge is 0.278 e. The van der Waals surface area contributed by atoms with E-state index in [0.29, 0.717) is 35.0 Å². The van der Waals surface area contributed by atoms with E-state index in [1.165, 1.54) is 11.1 Å². The molecule has 0 radical (unpaired) electrons. The van der Waals surface area contributed by atoms with Gasteiger partial charge in [0.15, 0.2) is 11.5 Å². The lowest BCUT2D eigenvalue weighted by molar-refractivity contribution is 0.194. The summed E-state index contributed by atoms with van der Waals surface area (Å²) in [5.74, 6) is 0.920.